The number of nitrogens with zero attached hydrogens (tertiary/aromatic N) is 4. The van der Waals surface area contributed by atoms with Gasteiger partial charge in [-0.15, -0.1) is 0 Å². The minimum Gasteiger partial charge on any atom is -0.476 e. The van der Waals surface area contributed by atoms with E-state index >= 15 is 0 Å². The summed E-state index contributed by atoms with van der Waals surface area (Å²) in [4.78, 5) is 14.0. The monoisotopic (exact) mass is 314 g/mol. The zero-order valence-electron chi connectivity index (χ0n) is 11.9. The van der Waals surface area contributed by atoms with Crippen molar-refractivity contribution >= 4 is 15.9 Å². The van der Waals surface area contributed by atoms with Crippen molar-refractivity contribution in [1.82, 2.24) is 19.0 Å². The van der Waals surface area contributed by atoms with Gasteiger partial charge in [0.2, 0.25) is 15.9 Å². The SMILES string of the molecule is CCS(=O)(=O)N1CCN(C(=O)c2cc3n(n2)CCO3)CC1. The van der Waals surface area contributed by atoms with Crippen molar-refractivity contribution in [2.75, 3.05) is 38.5 Å². The van der Waals surface area contributed by atoms with Gasteiger partial charge in [-0.3, -0.25) is 4.79 Å². The lowest BCUT2D eigenvalue weighted by Gasteiger charge is -2.33. The van der Waals surface area contributed by atoms with Gasteiger partial charge in [-0.05, 0) is 6.92 Å². The molecular weight excluding hydrogens is 296 g/mol. The highest BCUT2D eigenvalue weighted by molar-refractivity contribution is 7.89. The molecule has 21 heavy (non-hydrogen) atoms. The van der Waals surface area contributed by atoms with E-state index in [4.69, 9.17) is 4.74 Å². The molecular formula is C12H18N4O4S. The van der Waals surface area contributed by atoms with Gasteiger partial charge in [-0.25, -0.2) is 13.1 Å². The molecule has 1 saturated heterocycles. The maximum atomic E-state index is 12.4. The van der Waals surface area contributed by atoms with Crippen molar-refractivity contribution in [1.29, 1.82) is 0 Å². The summed E-state index contributed by atoms with van der Waals surface area (Å²) in [5.74, 6) is 0.533. The standard InChI is InChI=1S/C12H18N4O4S/c1-2-21(18,19)15-5-3-14(4-6-15)12(17)10-9-11-16(13-10)7-8-20-11/h9H,2-8H2,1H3. The van der Waals surface area contributed by atoms with Crippen LogP contribution in [0.15, 0.2) is 6.07 Å². The molecule has 0 saturated carbocycles. The molecule has 0 aliphatic carbocycles. The smallest absolute Gasteiger partial charge is 0.274 e. The second-order valence-electron chi connectivity index (χ2n) is 5.03. The van der Waals surface area contributed by atoms with Crippen molar-refractivity contribution in [2.24, 2.45) is 0 Å². The first-order valence-electron chi connectivity index (χ1n) is 6.99. The summed E-state index contributed by atoms with van der Waals surface area (Å²) in [6.45, 7) is 4.33. The second kappa shape index (κ2) is 5.30. The van der Waals surface area contributed by atoms with Crippen molar-refractivity contribution < 1.29 is 17.9 Å². The number of piperazine rings is 1. The van der Waals surface area contributed by atoms with Crippen LogP contribution in [-0.4, -0.2) is 71.8 Å². The fraction of sp³-hybridized carbons (Fsp3) is 0.667. The third-order valence-corrected chi connectivity index (χ3v) is 5.68. The Kier molecular flexibility index (Phi) is 3.62. The summed E-state index contributed by atoms with van der Waals surface area (Å²) in [5.41, 5.74) is 0.358. The zero-order valence-corrected chi connectivity index (χ0v) is 12.7. The second-order valence-corrected chi connectivity index (χ2v) is 7.29. The normalized spacial score (nSPS) is 19.4. The van der Waals surface area contributed by atoms with Gasteiger partial charge in [0.1, 0.15) is 6.61 Å². The maximum absolute atomic E-state index is 12.4. The molecule has 0 N–H and O–H groups in total. The molecule has 1 amide bonds. The number of fused-ring (bicyclic) bond motifs is 1. The number of amides is 1. The largest absolute Gasteiger partial charge is 0.476 e. The Bertz CT molecular complexity index is 625. The number of ether oxygens (including phenoxy) is 1. The highest BCUT2D eigenvalue weighted by atomic mass is 32.2. The lowest BCUT2D eigenvalue weighted by molar-refractivity contribution is 0.0691. The summed E-state index contributed by atoms with van der Waals surface area (Å²) in [5, 5.41) is 4.22. The summed E-state index contributed by atoms with van der Waals surface area (Å²) in [6.07, 6.45) is 0. The van der Waals surface area contributed by atoms with Crippen molar-refractivity contribution in [3.8, 4) is 5.88 Å². The number of carbonyl (C=O) groups excluding carboxylic acids is 1. The summed E-state index contributed by atoms with van der Waals surface area (Å²) < 4.78 is 32.0. The van der Waals surface area contributed by atoms with Crippen LogP contribution in [0.4, 0.5) is 0 Å². The Morgan fingerprint density at radius 3 is 2.62 bits per heavy atom. The topological polar surface area (TPSA) is 84.7 Å². The summed E-state index contributed by atoms with van der Waals surface area (Å²) >= 11 is 0. The van der Waals surface area contributed by atoms with Crippen LogP contribution in [-0.2, 0) is 16.6 Å². The van der Waals surface area contributed by atoms with Crippen LogP contribution in [0.1, 0.15) is 17.4 Å². The van der Waals surface area contributed by atoms with E-state index in [0.717, 1.165) is 0 Å². The van der Waals surface area contributed by atoms with Gasteiger partial charge in [-0.1, -0.05) is 0 Å². The van der Waals surface area contributed by atoms with Gasteiger partial charge < -0.3 is 9.64 Å². The summed E-state index contributed by atoms with van der Waals surface area (Å²) in [7, 11) is -3.18. The molecule has 3 rings (SSSR count). The van der Waals surface area contributed by atoms with E-state index in [1.165, 1.54) is 4.31 Å². The van der Waals surface area contributed by atoms with Crippen LogP contribution in [0.5, 0.6) is 5.88 Å². The van der Waals surface area contributed by atoms with Gasteiger partial charge in [0.15, 0.2) is 5.69 Å². The van der Waals surface area contributed by atoms with Crippen LogP contribution >= 0.6 is 0 Å². The molecule has 0 atom stereocenters. The molecule has 116 valence electrons. The van der Waals surface area contributed by atoms with E-state index < -0.39 is 10.0 Å². The van der Waals surface area contributed by atoms with Gasteiger partial charge >= 0.3 is 0 Å². The van der Waals surface area contributed by atoms with Crippen LogP contribution in [0, 0.1) is 0 Å². The molecule has 1 fully saturated rings. The van der Waals surface area contributed by atoms with Crippen molar-refractivity contribution in [2.45, 2.75) is 13.5 Å². The Morgan fingerprint density at radius 1 is 1.29 bits per heavy atom. The Labute approximate surface area is 123 Å². The maximum Gasteiger partial charge on any atom is 0.274 e. The molecule has 0 aromatic carbocycles. The average Bonchev–Trinajstić information content (AvgIpc) is 3.08. The van der Waals surface area contributed by atoms with Gasteiger partial charge in [0.05, 0.1) is 12.3 Å². The molecule has 0 radical (unpaired) electrons. The third-order valence-electron chi connectivity index (χ3n) is 3.80. The molecule has 1 aromatic rings. The molecule has 2 aliphatic heterocycles. The zero-order chi connectivity index (χ0) is 15.0. The van der Waals surface area contributed by atoms with E-state index in [1.54, 1.807) is 22.6 Å². The number of carbonyl (C=O) groups is 1. The number of aromatic nitrogens is 2. The van der Waals surface area contributed by atoms with E-state index in [0.29, 0.717) is 50.9 Å². The molecule has 0 bridgehead atoms. The van der Waals surface area contributed by atoms with Gasteiger partial charge in [0.25, 0.3) is 5.91 Å². The minimum atomic E-state index is -3.18. The number of sulfonamides is 1. The van der Waals surface area contributed by atoms with Crippen molar-refractivity contribution in [3.63, 3.8) is 0 Å². The van der Waals surface area contributed by atoms with E-state index in [-0.39, 0.29) is 11.7 Å². The number of hydrogen-bond donors (Lipinski definition) is 0. The average molecular weight is 314 g/mol. The number of rotatable bonds is 3. The highest BCUT2D eigenvalue weighted by Crippen LogP contribution is 2.20. The third kappa shape index (κ3) is 2.62. The predicted molar refractivity (Wildman–Crippen MR) is 74.7 cm³/mol. The Balaban J connectivity index is 1.65. The van der Waals surface area contributed by atoms with Crippen molar-refractivity contribution in [3.05, 3.63) is 11.8 Å². The molecule has 2 aliphatic rings. The summed E-state index contributed by atoms with van der Waals surface area (Å²) in [6, 6.07) is 1.64. The first-order valence-corrected chi connectivity index (χ1v) is 8.60. The van der Waals surface area contributed by atoms with Crippen LogP contribution in [0.2, 0.25) is 0 Å². The fourth-order valence-corrected chi connectivity index (χ4v) is 3.62. The molecule has 8 nitrogen and oxygen atoms in total. The van der Waals surface area contributed by atoms with Gasteiger partial charge in [0, 0.05) is 32.2 Å². The Morgan fingerprint density at radius 2 is 2.00 bits per heavy atom. The Hall–Kier alpha value is -1.61. The lowest BCUT2D eigenvalue weighted by Crippen LogP contribution is -2.51. The van der Waals surface area contributed by atoms with Gasteiger partial charge in [-0.2, -0.15) is 9.40 Å². The minimum absolute atomic E-state index is 0.0893. The van der Waals surface area contributed by atoms with Crippen LogP contribution in [0.3, 0.4) is 0 Å². The molecule has 0 spiro atoms. The first-order chi connectivity index (χ1) is 10.0. The van der Waals surface area contributed by atoms with E-state index in [9.17, 15) is 13.2 Å². The molecule has 1 aromatic heterocycles. The predicted octanol–water partition coefficient (Wildman–Crippen LogP) is -0.617. The van der Waals surface area contributed by atoms with Crippen LogP contribution in [0.25, 0.3) is 0 Å². The number of hydrogen-bond acceptors (Lipinski definition) is 5. The quantitative estimate of drug-likeness (QED) is 0.742. The van der Waals surface area contributed by atoms with E-state index in [2.05, 4.69) is 5.10 Å². The molecule has 3 heterocycles. The molecule has 0 unspecified atom stereocenters. The van der Waals surface area contributed by atoms with Crippen LogP contribution < -0.4 is 4.74 Å². The molecule has 9 heteroatoms. The highest BCUT2D eigenvalue weighted by Gasteiger charge is 2.30. The fourth-order valence-electron chi connectivity index (χ4n) is 2.53. The lowest BCUT2D eigenvalue weighted by atomic mass is 10.3. The first kappa shape index (κ1) is 14.3. The van der Waals surface area contributed by atoms with E-state index in [1.807, 2.05) is 0 Å².